The van der Waals surface area contributed by atoms with Crippen LogP contribution in [0.3, 0.4) is 0 Å². The van der Waals surface area contributed by atoms with Crippen molar-refractivity contribution < 1.29 is 28.5 Å². The molecule has 0 aromatic heterocycles. The summed E-state index contributed by atoms with van der Waals surface area (Å²) >= 11 is 0. The fourth-order valence-corrected chi connectivity index (χ4v) is 10.1. The molecule has 0 aromatic carbocycles. The van der Waals surface area contributed by atoms with Crippen molar-refractivity contribution in [2.24, 2.45) is 52.3 Å². The second-order valence-corrected chi connectivity index (χ2v) is 13.0. The third-order valence-corrected chi connectivity index (χ3v) is 11.6. The molecule has 4 saturated carbocycles. The number of carbonyl (C=O) groups excluding carboxylic acids is 1. The van der Waals surface area contributed by atoms with Crippen LogP contribution >= 0.6 is 0 Å². The van der Waals surface area contributed by atoms with Gasteiger partial charge in [0.05, 0.1) is 19.3 Å². The second kappa shape index (κ2) is 11.6. The Hall–Kier alpha value is -0.690. The molecule has 0 saturated heterocycles. The van der Waals surface area contributed by atoms with Gasteiger partial charge in [0.15, 0.2) is 0 Å². The third kappa shape index (κ3) is 4.89. The van der Waals surface area contributed by atoms with Gasteiger partial charge in [-0.25, -0.2) is 0 Å². The molecule has 6 nitrogen and oxygen atoms in total. The predicted molar refractivity (Wildman–Crippen MR) is 139 cm³/mol. The Morgan fingerprint density at radius 2 is 1.56 bits per heavy atom. The van der Waals surface area contributed by atoms with E-state index in [-0.39, 0.29) is 23.6 Å². The molecule has 4 aliphatic carbocycles. The van der Waals surface area contributed by atoms with Crippen LogP contribution in [0.25, 0.3) is 0 Å². The normalized spacial score (nSPS) is 44.9. The van der Waals surface area contributed by atoms with Crippen LogP contribution in [0.5, 0.6) is 0 Å². The topological polar surface area (TPSA) is 63.2 Å². The lowest BCUT2D eigenvalue weighted by Gasteiger charge is -2.65. The van der Waals surface area contributed by atoms with Gasteiger partial charge in [0.2, 0.25) is 0 Å². The molecular formula is C30H52O6. The summed E-state index contributed by atoms with van der Waals surface area (Å²) in [5.41, 5.74) is 0.575. The van der Waals surface area contributed by atoms with Gasteiger partial charge in [0, 0.05) is 20.6 Å². The number of fused-ring (bicyclic) bond motifs is 5. The van der Waals surface area contributed by atoms with E-state index in [9.17, 15) is 4.79 Å². The summed E-state index contributed by atoms with van der Waals surface area (Å²) in [6, 6.07) is 0. The summed E-state index contributed by atoms with van der Waals surface area (Å²) in [5.74, 6) is 3.81. The Morgan fingerprint density at radius 3 is 2.22 bits per heavy atom. The number of ether oxygens (including phenoxy) is 5. The van der Waals surface area contributed by atoms with Gasteiger partial charge in [-0.1, -0.05) is 34.1 Å². The van der Waals surface area contributed by atoms with E-state index in [1.54, 1.807) is 14.2 Å². The summed E-state index contributed by atoms with van der Waals surface area (Å²) in [4.78, 5) is 12.1. The molecule has 4 fully saturated rings. The number of carbonyl (C=O) groups is 1. The number of methoxy groups -OCH3 is 3. The van der Waals surface area contributed by atoms with E-state index < -0.39 is 0 Å². The molecule has 0 amide bonds. The van der Waals surface area contributed by atoms with E-state index in [1.807, 2.05) is 0 Å². The third-order valence-electron chi connectivity index (χ3n) is 11.6. The first kappa shape index (κ1) is 28.3. The minimum atomic E-state index is -0.0731. The van der Waals surface area contributed by atoms with E-state index in [1.165, 1.54) is 39.2 Å². The minimum Gasteiger partial charge on any atom is -0.469 e. The van der Waals surface area contributed by atoms with Gasteiger partial charge in [-0.05, 0) is 97.2 Å². The first-order valence-corrected chi connectivity index (χ1v) is 14.5. The minimum absolute atomic E-state index is 0.0731. The van der Waals surface area contributed by atoms with Crippen molar-refractivity contribution >= 4 is 5.97 Å². The molecule has 0 aromatic rings. The Kier molecular flexibility index (Phi) is 9.12. The van der Waals surface area contributed by atoms with Crippen molar-refractivity contribution in [3.05, 3.63) is 0 Å². The molecule has 0 N–H and O–H groups in total. The average molecular weight is 509 g/mol. The van der Waals surface area contributed by atoms with Crippen molar-refractivity contribution in [3.8, 4) is 0 Å². The van der Waals surface area contributed by atoms with Gasteiger partial charge < -0.3 is 23.7 Å². The summed E-state index contributed by atoms with van der Waals surface area (Å²) in [5, 5.41) is 0. The summed E-state index contributed by atoms with van der Waals surface area (Å²) < 4.78 is 28.6. The molecule has 6 heteroatoms. The molecule has 0 heterocycles. The van der Waals surface area contributed by atoms with Crippen LogP contribution in [0.4, 0.5) is 0 Å². The number of rotatable bonds is 10. The highest BCUT2D eigenvalue weighted by atomic mass is 16.7. The highest BCUT2D eigenvalue weighted by molar-refractivity contribution is 5.69. The van der Waals surface area contributed by atoms with Crippen LogP contribution in [-0.4, -0.2) is 53.1 Å². The van der Waals surface area contributed by atoms with Crippen LogP contribution in [0.1, 0.15) is 85.5 Å². The molecule has 4 aliphatic rings. The summed E-state index contributed by atoms with van der Waals surface area (Å²) in [7, 11) is 4.96. The van der Waals surface area contributed by atoms with Gasteiger partial charge in [-0.2, -0.15) is 0 Å². The Morgan fingerprint density at radius 1 is 0.889 bits per heavy atom. The lowest BCUT2D eigenvalue weighted by Crippen LogP contribution is -2.63. The standard InChI is InChI=1S/C30H52O6/c1-8-21-25-16-20(35-17-32-5)11-13-30(25,4)24-12-14-29(3)22(19(2)15-26(31)34-7)9-10-23(29)27(24)28(21)36-18-33-6/h19-25,27-28H,8-18H2,1-7H3/t19-,20-,21-,22-,23?,24?,25+,27?,28-,29?,30?/m1/s1. The average Bonchev–Trinajstić information content (AvgIpc) is 3.23. The zero-order valence-corrected chi connectivity index (χ0v) is 23.9. The molecule has 0 radical (unpaired) electrons. The molecular weight excluding hydrogens is 456 g/mol. The second-order valence-electron chi connectivity index (χ2n) is 13.0. The first-order valence-electron chi connectivity index (χ1n) is 14.5. The van der Waals surface area contributed by atoms with Crippen molar-refractivity contribution in [2.45, 2.75) is 97.7 Å². The molecule has 208 valence electrons. The van der Waals surface area contributed by atoms with Gasteiger partial charge in [0.25, 0.3) is 0 Å². The summed E-state index contributed by atoms with van der Waals surface area (Å²) in [6.07, 6.45) is 10.6. The molecule has 5 unspecified atom stereocenters. The van der Waals surface area contributed by atoms with E-state index in [2.05, 4.69) is 27.7 Å². The fraction of sp³-hybridized carbons (Fsp3) is 0.967. The number of hydrogen-bond acceptors (Lipinski definition) is 6. The lowest BCUT2D eigenvalue weighted by molar-refractivity contribution is -0.239. The highest BCUT2D eigenvalue weighted by Crippen LogP contribution is 2.70. The monoisotopic (exact) mass is 508 g/mol. The van der Waals surface area contributed by atoms with Crippen molar-refractivity contribution in [1.82, 2.24) is 0 Å². The van der Waals surface area contributed by atoms with Gasteiger partial charge in [-0.15, -0.1) is 0 Å². The maximum Gasteiger partial charge on any atom is 0.305 e. The maximum absolute atomic E-state index is 12.1. The van der Waals surface area contributed by atoms with Crippen LogP contribution < -0.4 is 0 Å². The van der Waals surface area contributed by atoms with E-state index in [0.717, 1.165) is 19.3 Å². The zero-order valence-electron chi connectivity index (χ0n) is 23.9. The van der Waals surface area contributed by atoms with Gasteiger partial charge >= 0.3 is 5.97 Å². The van der Waals surface area contributed by atoms with Crippen molar-refractivity contribution in [2.75, 3.05) is 34.9 Å². The lowest BCUT2D eigenvalue weighted by atomic mass is 9.41. The number of hydrogen-bond donors (Lipinski definition) is 0. The highest BCUT2D eigenvalue weighted by Gasteiger charge is 2.65. The molecule has 36 heavy (non-hydrogen) atoms. The van der Waals surface area contributed by atoms with Crippen LogP contribution in [0.15, 0.2) is 0 Å². The Labute approximate surface area is 219 Å². The van der Waals surface area contributed by atoms with Crippen molar-refractivity contribution in [1.29, 1.82) is 0 Å². The maximum atomic E-state index is 12.1. The molecule has 0 spiro atoms. The van der Waals surface area contributed by atoms with Crippen LogP contribution in [0.2, 0.25) is 0 Å². The van der Waals surface area contributed by atoms with E-state index >= 15 is 0 Å². The van der Waals surface area contributed by atoms with E-state index in [0.29, 0.717) is 66.8 Å². The smallest absolute Gasteiger partial charge is 0.305 e. The first-order chi connectivity index (χ1) is 17.2. The molecule has 4 rings (SSSR count). The predicted octanol–water partition coefficient (Wildman–Crippen LogP) is 6.07. The Balaban J connectivity index is 1.64. The summed E-state index contributed by atoms with van der Waals surface area (Å²) in [6.45, 7) is 10.5. The van der Waals surface area contributed by atoms with Crippen LogP contribution in [-0.2, 0) is 28.5 Å². The Bertz CT molecular complexity index is 743. The fourth-order valence-electron chi connectivity index (χ4n) is 10.1. The van der Waals surface area contributed by atoms with Crippen LogP contribution in [0, 0.1) is 52.3 Å². The van der Waals surface area contributed by atoms with Crippen molar-refractivity contribution in [3.63, 3.8) is 0 Å². The molecule has 11 atom stereocenters. The largest absolute Gasteiger partial charge is 0.469 e. The number of esters is 1. The molecule has 0 aliphatic heterocycles. The zero-order chi connectivity index (χ0) is 26.1. The SMILES string of the molecule is CC[C@H]1[C@@H](OCOC)C2C3CC[C@H]([C@H](C)CC(=O)OC)C3(C)CCC2C2(C)CC[C@@H](OCOC)C[C@@H]12. The van der Waals surface area contributed by atoms with Gasteiger partial charge in [-0.3, -0.25) is 4.79 Å². The van der Waals surface area contributed by atoms with Gasteiger partial charge in [0.1, 0.15) is 13.6 Å². The van der Waals surface area contributed by atoms with E-state index in [4.69, 9.17) is 23.7 Å². The molecule has 0 bridgehead atoms. The quantitative estimate of drug-likeness (QED) is 0.264.